The van der Waals surface area contributed by atoms with Gasteiger partial charge in [0.05, 0.1) is 11.9 Å². The van der Waals surface area contributed by atoms with E-state index in [1.807, 2.05) is 6.92 Å². The van der Waals surface area contributed by atoms with Gasteiger partial charge in [0.25, 0.3) is 0 Å². The van der Waals surface area contributed by atoms with E-state index in [0.29, 0.717) is 12.6 Å². The van der Waals surface area contributed by atoms with Crippen molar-refractivity contribution < 1.29 is 27.5 Å². The van der Waals surface area contributed by atoms with Crippen molar-refractivity contribution in [1.29, 1.82) is 0 Å². The average molecular weight is 400 g/mol. The first-order valence-corrected chi connectivity index (χ1v) is 8.94. The number of aromatic nitrogens is 2. The van der Waals surface area contributed by atoms with E-state index in [1.54, 1.807) is 20.8 Å². The van der Waals surface area contributed by atoms with Gasteiger partial charge in [-0.05, 0) is 46.0 Å². The minimum absolute atomic E-state index is 0.119. The lowest BCUT2D eigenvalue weighted by atomic mass is 10.0. The molecule has 28 heavy (non-hydrogen) atoms. The number of carbonyl (C=O) groups excluding carboxylic acids is 2. The van der Waals surface area contributed by atoms with Crippen LogP contribution in [-0.2, 0) is 15.7 Å². The van der Waals surface area contributed by atoms with Crippen LogP contribution < -0.4 is 5.32 Å². The highest BCUT2D eigenvalue weighted by Crippen LogP contribution is 2.59. The van der Waals surface area contributed by atoms with E-state index < -0.39 is 35.5 Å². The summed E-state index contributed by atoms with van der Waals surface area (Å²) in [6.07, 6.45) is -3.49. The van der Waals surface area contributed by atoms with Crippen LogP contribution in [0, 0.1) is 12.3 Å². The number of piperidine rings is 1. The first-order chi connectivity index (χ1) is 12.7. The minimum Gasteiger partial charge on any atom is -0.444 e. The number of alkyl halides is 3. The van der Waals surface area contributed by atoms with Crippen molar-refractivity contribution in [3.63, 3.8) is 0 Å². The number of fused-ring (bicyclic) bond motifs is 1. The molecular formula is C18H23F3N4O3. The Kier molecular flexibility index (Phi) is 4.59. The van der Waals surface area contributed by atoms with E-state index in [1.165, 1.54) is 11.8 Å². The number of nitrogens with zero attached hydrogens (tertiary/aromatic N) is 3. The zero-order valence-corrected chi connectivity index (χ0v) is 16.3. The largest absolute Gasteiger partial charge is 0.444 e. The predicted molar refractivity (Wildman–Crippen MR) is 93.4 cm³/mol. The summed E-state index contributed by atoms with van der Waals surface area (Å²) in [6, 6.07) is -0.957. The number of hydrogen-bond acceptors (Lipinski definition) is 5. The monoisotopic (exact) mass is 400 g/mol. The number of carbonyl (C=O) groups is 2. The summed E-state index contributed by atoms with van der Waals surface area (Å²) in [6.45, 7) is 8.59. The van der Waals surface area contributed by atoms with E-state index in [0.717, 1.165) is 6.42 Å². The maximum absolute atomic E-state index is 12.9. The Morgan fingerprint density at radius 3 is 2.50 bits per heavy atom. The third-order valence-electron chi connectivity index (χ3n) is 5.03. The van der Waals surface area contributed by atoms with Crippen LogP contribution in [0.5, 0.6) is 0 Å². The van der Waals surface area contributed by atoms with Crippen LogP contribution in [0.4, 0.5) is 23.8 Å². The second kappa shape index (κ2) is 6.31. The third kappa shape index (κ3) is 3.90. The van der Waals surface area contributed by atoms with Gasteiger partial charge in [0.15, 0.2) is 11.5 Å². The fourth-order valence-corrected chi connectivity index (χ4v) is 3.49. The Morgan fingerprint density at radius 1 is 1.29 bits per heavy atom. The van der Waals surface area contributed by atoms with Gasteiger partial charge < -0.3 is 10.1 Å². The number of ether oxygens (including phenoxy) is 1. The van der Waals surface area contributed by atoms with E-state index in [9.17, 15) is 22.8 Å². The second-order valence-electron chi connectivity index (χ2n) is 8.66. The number of amides is 2. The van der Waals surface area contributed by atoms with Crippen molar-refractivity contribution in [1.82, 2.24) is 14.9 Å². The molecule has 2 aliphatic rings. The van der Waals surface area contributed by atoms with Crippen molar-refractivity contribution in [2.24, 2.45) is 5.41 Å². The molecule has 1 aliphatic carbocycles. The standard InChI is InChI=1S/C18H23F3N4O3/c1-9-13(23-11(8-22-9)18(19,20)21)24-14(26)10-6-17(5)7-12(17)25(10)15(27)28-16(2,3)4/h8,10,12H,6-7H2,1-5H3,(H,23,24,26)/t10-,12+,17-/m0/s1. The lowest BCUT2D eigenvalue weighted by Crippen LogP contribution is -2.47. The maximum atomic E-state index is 12.9. The lowest BCUT2D eigenvalue weighted by molar-refractivity contribution is -0.141. The molecule has 3 rings (SSSR count). The first-order valence-electron chi connectivity index (χ1n) is 8.94. The molecular weight excluding hydrogens is 377 g/mol. The number of nitrogens with one attached hydrogen (secondary N) is 1. The van der Waals surface area contributed by atoms with Gasteiger partial charge in [-0.1, -0.05) is 6.92 Å². The maximum Gasteiger partial charge on any atom is 0.434 e. The zero-order valence-electron chi connectivity index (χ0n) is 16.3. The number of anilines is 1. The van der Waals surface area contributed by atoms with Crippen molar-refractivity contribution in [2.75, 3.05) is 5.32 Å². The molecule has 154 valence electrons. The summed E-state index contributed by atoms with van der Waals surface area (Å²) in [5, 5.41) is 2.41. The SMILES string of the molecule is Cc1ncc(C(F)(F)F)nc1NC(=O)[C@@H]1C[C@@]2(C)C[C@H]2N1C(=O)OC(C)(C)C. The molecule has 2 heterocycles. The smallest absolute Gasteiger partial charge is 0.434 e. The molecule has 1 saturated heterocycles. The normalized spacial score (nSPS) is 26.6. The predicted octanol–water partition coefficient (Wildman–Crippen LogP) is 3.53. The molecule has 0 unspecified atom stereocenters. The summed E-state index contributed by atoms with van der Waals surface area (Å²) in [5.41, 5.74) is -1.96. The van der Waals surface area contributed by atoms with Crippen molar-refractivity contribution >= 4 is 17.8 Å². The molecule has 1 aliphatic heterocycles. The van der Waals surface area contributed by atoms with Crippen LogP contribution >= 0.6 is 0 Å². The Labute approximate surface area is 160 Å². The Balaban J connectivity index is 1.81. The van der Waals surface area contributed by atoms with Gasteiger partial charge in [-0.25, -0.2) is 9.78 Å². The fraction of sp³-hybridized carbons (Fsp3) is 0.667. The van der Waals surface area contributed by atoms with E-state index >= 15 is 0 Å². The molecule has 0 spiro atoms. The number of likely N-dealkylation sites (tertiary alicyclic amines) is 1. The van der Waals surface area contributed by atoms with Crippen molar-refractivity contribution in [2.45, 2.75) is 71.3 Å². The third-order valence-corrected chi connectivity index (χ3v) is 5.03. The number of rotatable bonds is 2. The Hall–Kier alpha value is -2.39. The zero-order chi connectivity index (χ0) is 21.1. The van der Waals surface area contributed by atoms with Gasteiger partial charge in [-0.2, -0.15) is 13.2 Å². The number of halogens is 3. The number of hydrogen-bond donors (Lipinski definition) is 1. The molecule has 2 amide bonds. The van der Waals surface area contributed by atoms with E-state index in [-0.39, 0.29) is 23.0 Å². The van der Waals surface area contributed by atoms with Crippen LogP contribution in [0.25, 0.3) is 0 Å². The van der Waals surface area contributed by atoms with Crippen LogP contribution in [0.3, 0.4) is 0 Å². The number of aryl methyl sites for hydroxylation is 1. The molecule has 1 aromatic rings. The molecule has 0 bridgehead atoms. The molecule has 1 saturated carbocycles. The summed E-state index contributed by atoms with van der Waals surface area (Å²) in [4.78, 5) is 34.0. The van der Waals surface area contributed by atoms with Gasteiger partial charge in [0.1, 0.15) is 11.6 Å². The van der Waals surface area contributed by atoms with Gasteiger partial charge in [0, 0.05) is 6.04 Å². The van der Waals surface area contributed by atoms with Gasteiger partial charge in [-0.3, -0.25) is 14.7 Å². The molecule has 0 radical (unpaired) electrons. The molecule has 2 fully saturated rings. The van der Waals surface area contributed by atoms with Crippen LogP contribution in [0.2, 0.25) is 0 Å². The quantitative estimate of drug-likeness (QED) is 0.821. The van der Waals surface area contributed by atoms with Crippen LogP contribution in [-0.4, -0.2) is 44.6 Å². The van der Waals surface area contributed by atoms with Crippen molar-refractivity contribution in [3.05, 3.63) is 17.6 Å². The van der Waals surface area contributed by atoms with Crippen LogP contribution in [0.1, 0.15) is 51.9 Å². The fourth-order valence-electron chi connectivity index (χ4n) is 3.49. The van der Waals surface area contributed by atoms with Gasteiger partial charge >= 0.3 is 12.3 Å². The summed E-state index contributed by atoms with van der Waals surface area (Å²) < 4.78 is 44.1. The Morgan fingerprint density at radius 2 is 1.93 bits per heavy atom. The van der Waals surface area contributed by atoms with E-state index in [4.69, 9.17) is 4.74 Å². The molecule has 7 nitrogen and oxygen atoms in total. The lowest BCUT2D eigenvalue weighted by Gasteiger charge is -2.29. The average Bonchev–Trinajstić information content (AvgIpc) is 3.07. The second-order valence-corrected chi connectivity index (χ2v) is 8.66. The molecule has 1 N–H and O–H groups in total. The molecule has 0 aromatic carbocycles. The summed E-state index contributed by atoms with van der Waals surface area (Å²) in [7, 11) is 0. The van der Waals surface area contributed by atoms with E-state index in [2.05, 4.69) is 15.3 Å². The topological polar surface area (TPSA) is 84.4 Å². The summed E-state index contributed by atoms with van der Waals surface area (Å²) >= 11 is 0. The summed E-state index contributed by atoms with van der Waals surface area (Å²) in [5.74, 6) is -0.870. The minimum atomic E-state index is -4.68. The molecule has 1 aromatic heterocycles. The molecule has 10 heteroatoms. The highest BCUT2D eigenvalue weighted by molar-refractivity contribution is 5.97. The molecule has 3 atom stereocenters. The van der Waals surface area contributed by atoms with Gasteiger partial charge in [0.2, 0.25) is 5.91 Å². The van der Waals surface area contributed by atoms with Crippen molar-refractivity contribution in [3.8, 4) is 0 Å². The van der Waals surface area contributed by atoms with Gasteiger partial charge in [-0.15, -0.1) is 0 Å². The highest BCUT2D eigenvalue weighted by Gasteiger charge is 2.65. The first kappa shape index (κ1) is 20.3. The van der Waals surface area contributed by atoms with Crippen LogP contribution in [0.15, 0.2) is 6.20 Å². The highest BCUT2D eigenvalue weighted by atomic mass is 19.4. The Bertz CT molecular complexity index is 821.